The maximum Gasteiger partial charge on any atom is 0.319 e. The number of hydrogen-bond acceptors (Lipinski definition) is 7. The van der Waals surface area contributed by atoms with Crippen molar-refractivity contribution in [1.82, 2.24) is 25.2 Å². The van der Waals surface area contributed by atoms with Crippen LogP contribution in [0.5, 0.6) is 0 Å². The summed E-state index contributed by atoms with van der Waals surface area (Å²) in [7, 11) is 0. The van der Waals surface area contributed by atoms with Crippen LogP contribution >= 0.6 is 11.6 Å². The number of ether oxygens (including phenoxy) is 1. The molecule has 180 valence electrons. The van der Waals surface area contributed by atoms with E-state index in [2.05, 4.69) is 47.6 Å². The molecule has 10 heteroatoms. The average Bonchev–Trinajstić information content (AvgIpc) is 2.88. The molecule has 35 heavy (non-hydrogen) atoms. The number of anilines is 2. The van der Waals surface area contributed by atoms with E-state index in [1.807, 2.05) is 12.1 Å². The molecule has 0 unspecified atom stereocenters. The topological polar surface area (TPSA) is 104 Å². The predicted octanol–water partition coefficient (Wildman–Crippen LogP) is 2.99. The fourth-order valence-electron chi connectivity index (χ4n) is 3.36. The number of urea groups is 1. The Morgan fingerprint density at radius 2 is 1.86 bits per heavy atom. The highest BCUT2D eigenvalue weighted by molar-refractivity contribution is 6.30. The monoisotopic (exact) mass is 491 g/mol. The van der Waals surface area contributed by atoms with E-state index < -0.39 is 0 Å². The van der Waals surface area contributed by atoms with E-state index in [9.17, 15) is 4.79 Å². The number of aromatic nitrogens is 3. The van der Waals surface area contributed by atoms with Crippen LogP contribution in [0, 0.1) is 11.8 Å². The van der Waals surface area contributed by atoms with Gasteiger partial charge in [-0.05, 0) is 23.8 Å². The van der Waals surface area contributed by atoms with Gasteiger partial charge in [-0.15, -0.1) is 0 Å². The summed E-state index contributed by atoms with van der Waals surface area (Å²) in [5.41, 5.74) is 2.79. The molecule has 3 N–H and O–H groups in total. The van der Waals surface area contributed by atoms with Crippen molar-refractivity contribution in [3.63, 3.8) is 0 Å². The third-order valence-electron chi connectivity index (χ3n) is 5.16. The summed E-state index contributed by atoms with van der Waals surface area (Å²) in [6.45, 7) is 5.53. The Hall–Kier alpha value is -3.71. The minimum absolute atomic E-state index is 0.345. The van der Waals surface area contributed by atoms with E-state index in [0.717, 1.165) is 45.0 Å². The molecular formula is C25H26ClN7O2. The first-order valence-corrected chi connectivity index (χ1v) is 11.6. The fourth-order valence-corrected chi connectivity index (χ4v) is 3.57. The van der Waals surface area contributed by atoms with Crippen LogP contribution in [0.1, 0.15) is 16.7 Å². The van der Waals surface area contributed by atoms with Crippen LogP contribution in [0.25, 0.3) is 0 Å². The maximum atomic E-state index is 12.2. The summed E-state index contributed by atoms with van der Waals surface area (Å²) in [6, 6.07) is 8.72. The molecule has 0 atom stereocenters. The highest BCUT2D eigenvalue weighted by atomic mass is 35.5. The second-order valence-electron chi connectivity index (χ2n) is 7.83. The van der Waals surface area contributed by atoms with Crippen molar-refractivity contribution in [2.45, 2.75) is 6.54 Å². The van der Waals surface area contributed by atoms with Crippen LogP contribution in [-0.4, -0.2) is 65.3 Å². The molecule has 2 aromatic heterocycles. The van der Waals surface area contributed by atoms with Gasteiger partial charge in [-0.1, -0.05) is 35.6 Å². The Morgan fingerprint density at radius 1 is 1.06 bits per heavy atom. The quantitative estimate of drug-likeness (QED) is 0.436. The molecule has 0 spiro atoms. The lowest BCUT2D eigenvalue weighted by Crippen LogP contribution is -2.39. The molecule has 0 radical (unpaired) electrons. The van der Waals surface area contributed by atoms with Crippen molar-refractivity contribution in [3.8, 4) is 11.8 Å². The number of halogens is 1. The van der Waals surface area contributed by atoms with Gasteiger partial charge >= 0.3 is 6.03 Å². The Balaban J connectivity index is 1.25. The van der Waals surface area contributed by atoms with Crippen molar-refractivity contribution in [2.24, 2.45) is 0 Å². The Kier molecular flexibility index (Phi) is 8.84. The number of nitrogens with one attached hydrogen (secondary N) is 3. The lowest BCUT2D eigenvalue weighted by molar-refractivity contribution is 0.0398. The van der Waals surface area contributed by atoms with Gasteiger partial charge in [-0.25, -0.2) is 14.8 Å². The third kappa shape index (κ3) is 8.22. The predicted molar refractivity (Wildman–Crippen MR) is 135 cm³/mol. The van der Waals surface area contributed by atoms with Gasteiger partial charge in [0.05, 0.1) is 30.7 Å². The van der Waals surface area contributed by atoms with Gasteiger partial charge in [0.1, 0.15) is 0 Å². The zero-order valence-electron chi connectivity index (χ0n) is 19.1. The summed E-state index contributed by atoms with van der Waals surface area (Å²) in [4.78, 5) is 27.4. The van der Waals surface area contributed by atoms with Crippen LogP contribution in [0.15, 0.2) is 55.1 Å². The molecule has 0 bridgehead atoms. The Bertz CT molecular complexity index is 1190. The van der Waals surface area contributed by atoms with Crippen LogP contribution in [0.3, 0.4) is 0 Å². The SMILES string of the molecule is O=C(NCc1cccc(Cl)c1)Nc1cncc(C#Cc2cnc(NCCN3CCOCC3)nc2)c1. The number of nitrogens with zero attached hydrogens (tertiary/aromatic N) is 4. The van der Waals surface area contributed by atoms with E-state index in [4.69, 9.17) is 16.3 Å². The molecular weight excluding hydrogens is 466 g/mol. The lowest BCUT2D eigenvalue weighted by Gasteiger charge is -2.26. The van der Waals surface area contributed by atoms with Gasteiger partial charge in [-0.3, -0.25) is 9.88 Å². The van der Waals surface area contributed by atoms with Crippen LogP contribution < -0.4 is 16.0 Å². The largest absolute Gasteiger partial charge is 0.379 e. The van der Waals surface area contributed by atoms with Gasteiger partial charge in [0.2, 0.25) is 5.95 Å². The summed E-state index contributed by atoms with van der Waals surface area (Å²) >= 11 is 5.97. The second-order valence-corrected chi connectivity index (χ2v) is 8.26. The minimum Gasteiger partial charge on any atom is -0.379 e. The van der Waals surface area contributed by atoms with E-state index in [1.165, 1.54) is 0 Å². The standard InChI is InChI=1S/C25H26ClN7O2/c26-22-3-1-2-19(12-22)15-31-25(34)32-23-13-20(14-27-18-23)4-5-21-16-29-24(30-17-21)28-6-7-33-8-10-35-11-9-33/h1-3,12-14,16-18H,6-11,15H2,(H,28,29,30)(H2,31,32,34). The van der Waals surface area contributed by atoms with Crippen molar-refractivity contribution < 1.29 is 9.53 Å². The maximum absolute atomic E-state index is 12.2. The molecule has 1 fully saturated rings. The highest BCUT2D eigenvalue weighted by Gasteiger charge is 2.09. The molecule has 1 aliphatic rings. The Morgan fingerprint density at radius 3 is 2.66 bits per heavy atom. The van der Waals surface area contributed by atoms with E-state index >= 15 is 0 Å². The van der Waals surface area contributed by atoms with Gasteiger partial charge in [0.15, 0.2) is 0 Å². The van der Waals surface area contributed by atoms with E-state index in [1.54, 1.807) is 43.0 Å². The number of carbonyl (C=O) groups is 1. The average molecular weight is 492 g/mol. The highest BCUT2D eigenvalue weighted by Crippen LogP contribution is 2.11. The van der Waals surface area contributed by atoms with Crippen LogP contribution in [0.2, 0.25) is 5.02 Å². The molecule has 0 saturated carbocycles. The first kappa shape index (κ1) is 24.4. The number of benzene rings is 1. The normalized spacial score (nSPS) is 13.4. The number of morpholine rings is 1. The molecule has 0 aliphatic carbocycles. The lowest BCUT2D eigenvalue weighted by atomic mass is 10.2. The number of carbonyl (C=O) groups excluding carboxylic acids is 1. The second kappa shape index (κ2) is 12.7. The van der Waals surface area contributed by atoms with Crippen molar-refractivity contribution in [3.05, 3.63) is 76.8 Å². The molecule has 2 amide bonds. The Labute approximate surface area is 209 Å². The first-order valence-electron chi connectivity index (χ1n) is 11.3. The van der Waals surface area contributed by atoms with Gasteiger partial charge < -0.3 is 20.7 Å². The third-order valence-corrected chi connectivity index (χ3v) is 5.39. The molecule has 3 heterocycles. The van der Waals surface area contributed by atoms with Crippen molar-refractivity contribution in [1.29, 1.82) is 0 Å². The molecule has 4 rings (SSSR count). The summed E-state index contributed by atoms with van der Waals surface area (Å²) in [5.74, 6) is 6.62. The van der Waals surface area contributed by atoms with E-state index in [-0.39, 0.29) is 6.03 Å². The number of pyridine rings is 1. The van der Waals surface area contributed by atoms with Crippen molar-refractivity contribution in [2.75, 3.05) is 50.0 Å². The van der Waals surface area contributed by atoms with E-state index in [0.29, 0.717) is 34.3 Å². The fraction of sp³-hybridized carbons (Fsp3) is 0.280. The zero-order chi connectivity index (χ0) is 24.3. The molecule has 9 nitrogen and oxygen atoms in total. The van der Waals surface area contributed by atoms with Gasteiger partial charge in [0.25, 0.3) is 0 Å². The molecule has 1 aliphatic heterocycles. The molecule has 3 aromatic rings. The zero-order valence-corrected chi connectivity index (χ0v) is 19.9. The van der Waals surface area contributed by atoms with Crippen LogP contribution in [0.4, 0.5) is 16.4 Å². The van der Waals surface area contributed by atoms with Gasteiger partial charge in [-0.2, -0.15) is 0 Å². The first-order chi connectivity index (χ1) is 17.1. The smallest absolute Gasteiger partial charge is 0.319 e. The number of hydrogen-bond donors (Lipinski definition) is 3. The molecule has 1 aromatic carbocycles. The van der Waals surface area contributed by atoms with Crippen molar-refractivity contribution >= 4 is 29.3 Å². The summed E-state index contributed by atoms with van der Waals surface area (Å²) in [5, 5.41) is 9.40. The number of rotatable bonds is 7. The molecule has 1 saturated heterocycles. The summed E-state index contributed by atoms with van der Waals surface area (Å²) in [6.07, 6.45) is 6.54. The van der Waals surface area contributed by atoms with Crippen LogP contribution in [-0.2, 0) is 11.3 Å². The minimum atomic E-state index is -0.345. The number of amides is 2. The summed E-state index contributed by atoms with van der Waals surface area (Å²) < 4.78 is 5.36. The van der Waals surface area contributed by atoms with Gasteiger partial charge in [0, 0.05) is 61.9 Å².